The van der Waals surface area contributed by atoms with E-state index in [1.807, 2.05) is 13.8 Å². The Morgan fingerprint density at radius 1 is 0.857 bits per heavy atom. The van der Waals surface area contributed by atoms with Crippen molar-refractivity contribution < 1.29 is 46.9 Å². The minimum absolute atomic E-state index is 0.0916. The normalized spacial score (nSPS) is 28.6. The summed E-state index contributed by atoms with van der Waals surface area (Å²) >= 11 is 0. The Bertz CT molecular complexity index is 1660. The summed E-state index contributed by atoms with van der Waals surface area (Å²) < 4.78 is 61.2. The van der Waals surface area contributed by atoms with Gasteiger partial charge in [-0.15, -0.1) is 0 Å². The van der Waals surface area contributed by atoms with Crippen molar-refractivity contribution in [1.82, 2.24) is 24.0 Å². The highest BCUT2D eigenvalue weighted by Crippen LogP contribution is 2.46. The molecule has 2 aliphatic rings. The van der Waals surface area contributed by atoms with Gasteiger partial charge in [-0.1, -0.05) is 0 Å². The first-order valence-electron chi connectivity index (χ1n) is 15.7. The maximum Gasteiger partial charge on any atom is 0.330 e. The maximum atomic E-state index is 12.8. The van der Waals surface area contributed by atoms with Crippen LogP contribution in [0.25, 0.3) is 0 Å². The largest absolute Gasteiger partial charge is 0.756 e. The molecule has 20 heteroatoms. The lowest BCUT2D eigenvalue weighted by atomic mass is 10.1. The summed E-state index contributed by atoms with van der Waals surface area (Å²) in [4.78, 5) is 67.5. The van der Waals surface area contributed by atoms with Crippen molar-refractivity contribution in [2.24, 2.45) is 0 Å². The Hall–Kier alpha value is -2.81. The Balaban J connectivity index is 1.49. The number of nitrogens with zero attached hydrogens (tertiary/aromatic N) is 3. The molecule has 4 rings (SSSR count). The fraction of sp³-hybridized carbons (Fsp3) is 0.724. The van der Waals surface area contributed by atoms with Crippen LogP contribution in [-0.4, -0.2) is 120 Å². The van der Waals surface area contributed by atoms with Gasteiger partial charge in [-0.3, -0.25) is 33.3 Å². The van der Waals surface area contributed by atoms with Crippen LogP contribution in [0.5, 0.6) is 0 Å². The van der Waals surface area contributed by atoms with E-state index in [0.717, 1.165) is 10.6 Å². The number of H-pyrrole nitrogens is 2. The van der Waals surface area contributed by atoms with E-state index in [2.05, 4.69) is 9.97 Å². The van der Waals surface area contributed by atoms with E-state index in [1.165, 1.54) is 51.1 Å². The van der Waals surface area contributed by atoms with Crippen molar-refractivity contribution in [2.45, 2.75) is 89.0 Å². The topological polar surface area (TPSA) is 227 Å². The fourth-order valence-corrected chi connectivity index (χ4v) is 6.81. The third kappa shape index (κ3) is 9.92. The van der Waals surface area contributed by atoms with Gasteiger partial charge in [0, 0.05) is 51.8 Å². The zero-order valence-electron chi connectivity index (χ0n) is 28.4. The van der Waals surface area contributed by atoms with Gasteiger partial charge in [0.2, 0.25) is 0 Å². The quantitative estimate of drug-likeness (QED) is 0.186. The van der Waals surface area contributed by atoms with E-state index in [4.69, 9.17) is 37.5 Å². The Morgan fingerprint density at radius 2 is 1.39 bits per heavy atom. The van der Waals surface area contributed by atoms with Crippen LogP contribution in [0.4, 0.5) is 0 Å². The minimum atomic E-state index is -4.85. The number of aromatic amines is 2. The van der Waals surface area contributed by atoms with Gasteiger partial charge in [0.1, 0.15) is 36.6 Å². The second kappa shape index (κ2) is 16.9. The lowest BCUT2D eigenvalue weighted by Crippen LogP contribution is -2.44. The molecule has 0 saturated carbocycles. The van der Waals surface area contributed by atoms with Crippen molar-refractivity contribution in [3.63, 3.8) is 0 Å². The summed E-state index contributed by atoms with van der Waals surface area (Å²) in [6, 6.07) is 2.33. The molecule has 0 spiro atoms. The van der Waals surface area contributed by atoms with Gasteiger partial charge in [-0.25, -0.2) is 9.59 Å². The number of ether oxygens (including phenoxy) is 6. The number of methoxy groups -OCH3 is 2. The highest BCUT2D eigenvalue weighted by molar-refractivity contribution is 7.45. The minimum Gasteiger partial charge on any atom is -0.756 e. The van der Waals surface area contributed by atoms with Gasteiger partial charge in [-0.05, 0) is 34.7 Å². The van der Waals surface area contributed by atoms with Gasteiger partial charge in [0.25, 0.3) is 18.9 Å². The second-order valence-corrected chi connectivity index (χ2v) is 13.5. The molecule has 0 amide bonds. The predicted octanol–water partition coefficient (Wildman–Crippen LogP) is -1.07. The molecule has 2 aromatic rings. The average Bonchev–Trinajstić information content (AvgIpc) is 3.51. The molecule has 9 atom stereocenters. The molecule has 2 N–H and O–H groups in total. The number of nitrogens with one attached hydrogen (secondary N) is 2. The molecule has 2 aliphatic heterocycles. The fourth-order valence-electron chi connectivity index (χ4n) is 5.69. The molecule has 19 nitrogen and oxygen atoms in total. The molecule has 4 heterocycles. The summed E-state index contributed by atoms with van der Waals surface area (Å²) in [6.45, 7) is 7.45. The van der Waals surface area contributed by atoms with E-state index in [-0.39, 0.29) is 25.9 Å². The van der Waals surface area contributed by atoms with E-state index >= 15 is 0 Å². The van der Waals surface area contributed by atoms with Gasteiger partial charge >= 0.3 is 11.4 Å². The number of hydrogen-bond acceptors (Lipinski definition) is 15. The average molecular weight is 719 g/mol. The van der Waals surface area contributed by atoms with Gasteiger partial charge in [0.05, 0.1) is 25.4 Å². The number of hydrogen-bond donors (Lipinski definition) is 2. The first kappa shape index (κ1) is 39.0. The highest BCUT2D eigenvalue weighted by Gasteiger charge is 2.50. The summed E-state index contributed by atoms with van der Waals surface area (Å²) in [6.07, 6.45) is -5.71. The summed E-state index contributed by atoms with van der Waals surface area (Å²) in [5.74, 6) is 0. The van der Waals surface area contributed by atoms with E-state index in [1.54, 1.807) is 11.9 Å². The van der Waals surface area contributed by atoms with Crippen LogP contribution in [0, 0.1) is 0 Å². The molecule has 2 fully saturated rings. The SMILES string of the molecule is CO[C@@H]1[C@H](OCCN(C)C[C@H]2O[C@@H](n3ccc(=O)[nH]c3=O)[C@H](OC)[C@@H]2OP(=O)([O-])OC(C)C)[C@@H](COC(C)C)O[C@H]1n1ccc(=O)[nH]c1=O. The lowest BCUT2D eigenvalue weighted by molar-refractivity contribution is -0.236. The summed E-state index contributed by atoms with van der Waals surface area (Å²) in [5.41, 5.74) is -2.63. The van der Waals surface area contributed by atoms with E-state index in [9.17, 15) is 28.6 Å². The van der Waals surface area contributed by atoms with E-state index < -0.39 is 85.5 Å². The smallest absolute Gasteiger partial charge is 0.330 e. The Labute approximate surface area is 281 Å². The van der Waals surface area contributed by atoms with Crippen molar-refractivity contribution in [1.29, 1.82) is 0 Å². The standard InChI is InChI=1S/C29H46N5O14P/c1-16(2)44-15-19-22(24(41-6)26(46-19)33-10-8-20(35)30-28(33)37)43-13-12-32(5)14-18-23(48-49(39,40)47-17(3)4)25(42-7)27(45-18)34-11-9-21(36)31-29(34)38/h8-11,16-19,22-27H,12-15H2,1-7H3,(H,39,40)(H,30,35,37)(H,31,36,38)/p-1/t18-,19-,22-,23-,24-,25-,26-,27-/m1/s1. The van der Waals surface area contributed by atoms with Gasteiger partial charge < -0.3 is 47.3 Å². The zero-order chi connectivity index (χ0) is 36.0. The maximum absolute atomic E-state index is 12.8. The third-order valence-corrected chi connectivity index (χ3v) is 9.01. The number of phosphoric acid groups is 1. The van der Waals surface area contributed by atoms with E-state index in [0.29, 0.717) is 6.54 Å². The molecule has 1 unspecified atom stereocenters. The molecule has 0 bridgehead atoms. The molecule has 276 valence electrons. The molecular formula is C29H45N5O14P-. The molecule has 0 radical (unpaired) electrons. The van der Waals surface area contributed by atoms with Crippen molar-refractivity contribution in [3.05, 3.63) is 66.2 Å². The zero-order valence-corrected chi connectivity index (χ0v) is 29.3. The molecular weight excluding hydrogens is 673 g/mol. The van der Waals surface area contributed by atoms with Gasteiger partial charge in [-0.2, -0.15) is 0 Å². The van der Waals surface area contributed by atoms with Crippen molar-refractivity contribution >= 4 is 7.82 Å². The molecule has 0 aromatic carbocycles. The van der Waals surface area contributed by atoms with Crippen LogP contribution in [0.15, 0.2) is 43.7 Å². The first-order chi connectivity index (χ1) is 23.1. The Morgan fingerprint density at radius 3 is 1.88 bits per heavy atom. The second-order valence-electron chi connectivity index (χ2n) is 12.2. The molecule has 2 saturated heterocycles. The summed E-state index contributed by atoms with van der Waals surface area (Å²) in [7, 11) is -0.338. The number of aromatic nitrogens is 4. The third-order valence-electron chi connectivity index (χ3n) is 7.83. The monoisotopic (exact) mass is 718 g/mol. The Kier molecular flexibility index (Phi) is 13.5. The number of likely N-dealkylation sites (N-methyl/N-ethyl adjacent to an activating group) is 1. The van der Waals surface area contributed by atoms with Crippen LogP contribution < -0.4 is 27.4 Å². The van der Waals surface area contributed by atoms with Crippen molar-refractivity contribution in [3.8, 4) is 0 Å². The van der Waals surface area contributed by atoms with Crippen LogP contribution in [0.1, 0.15) is 40.2 Å². The molecule has 49 heavy (non-hydrogen) atoms. The lowest BCUT2D eigenvalue weighted by Gasteiger charge is -2.32. The van der Waals surface area contributed by atoms with Crippen LogP contribution in [-0.2, 0) is 42.0 Å². The highest BCUT2D eigenvalue weighted by atomic mass is 31.2. The van der Waals surface area contributed by atoms with Crippen LogP contribution in [0.2, 0.25) is 0 Å². The van der Waals surface area contributed by atoms with Gasteiger partial charge in [0.15, 0.2) is 12.5 Å². The number of phosphoric ester groups is 1. The summed E-state index contributed by atoms with van der Waals surface area (Å²) in [5, 5.41) is 0. The first-order valence-corrected chi connectivity index (χ1v) is 17.2. The number of rotatable bonds is 17. The van der Waals surface area contributed by atoms with Crippen LogP contribution >= 0.6 is 7.82 Å². The van der Waals surface area contributed by atoms with Crippen molar-refractivity contribution in [2.75, 3.05) is 47.6 Å². The predicted molar refractivity (Wildman–Crippen MR) is 169 cm³/mol. The molecule has 0 aliphatic carbocycles. The van der Waals surface area contributed by atoms with Crippen LogP contribution in [0.3, 0.4) is 0 Å². The molecule has 2 aromatic heterocycles.